The highest BCUT2D eigenvalue weighted by Gasteiger charge is 2.77. The van der Waals surface area contributed by atoms with E-state index < -0.39 is 103 Å². The van der Waals surface area contributed by atoms with Crippen LogP contribution in [0.5, 0.6) is 0 Å². The normalized spacial score (nSPS) is 31.2. The summed E-state index contributed by atoms with van der Waals surface area (Å²) >= 11 is 0. The lowest BCUT2D eigenvalue weighted by Gasteiger charge is -2.50. The Labute approximate surface area is 387 Å². The Hall–Kier alpha value is -5.41. The van der Waals surface area contributed by atoms with Crippen LogP contribution in [-0.2, 0) is 61.7 Å². The molecule has 4 aliphatic heterocycles. The number of amides is 2. The maximum Gasteiger partial charge on any atom is 0.327 e. The number of carbonyl (C=O) groups is 3. The molecule has 12 atom stereocenters. The van der Waals surface area contributed by atoms with Crippen LogP contribution in [0.15, 0.2) is 121 Å². The average Bonchev–Trinajstić information content (AvgIpc) is 3.94. The van der Waals surface area contributed by atoms with Crippen molar-refractivity contribution in [2.45, 2.75) is 92.4 Å². The van der Waals surface area contributed by atoms with Crippen LogP contribution in [0.1, 0.15) is 34.2 Å². The number of nitrogens with one attached hydrogen (secondary N) is 1. The number of fused-ring (bicyclic) bond motifs is 4. The van der Waals surface area contributed by atoms with Crippen molar-refractivity contribution in [1.82, 2.24) is 15.3 Å². The highest BCUT2D eigenvalue weighted by atomic mass is 16.8. The van der Waals surface area contributed by atoms with Crippen LogP contribution in [0.4, 0.5) is 0 Å². The summed E-state index contributed by atoms with van der Waals surface area (Å²) in [5, 5.41) is 54.3. The van der Waals surface area contributed by atoms with E-state index in [9.17, 15) is 35.1 Å². The lowest BCUT2D eigenvalue weighted by molar-refractivity contribution is -0.298. The summed E-state index contributed by atoms with van der Waals surface area (Å²) in [7, 11) is 1.55. The molecule has 354 valence electrons. The molecule has 0 unspecified atom stereocenters. The Bertz CT molecular complexity index is 2350. The predicted molar refractivity (Wildman–Crippen MR) is 237 cm³/mol. The van der Waals surface area contributed by atoms with Crippen molar-refractivity contribution >= 4 is 23.9 Å². The molecule has 5 aliphatic rings. The molecule has 67 heavy (non-hydrogen) atoms. The summed E-state index contributed by atoms with van der Waals surface area (Å²) in [4.78, 5) is 52.9. The first-order valence-electron chi connectivity index (χ1n) is 22.5. The van der Waals surface area contributed by atoms with E-state index in [4.69, 9.17) is 28.5 Å². The van der Waals surface area contributed by atoms with E-state index in [0.29, 0.717) is 22.3 Å². The Balaban J connectivity index is 1.07. The van der Waals surface area contributed by atoms with Gasteiger partial charge in [-0.05, 0) is 16.7 Å². The van der Waals surface area contributed by atoms with Crippen LogP contribution < -0.4 is 5.32 Å². The fourth-order valence-corrected chi connectivity index (χ4v) is 10.2. The highest BCUT2D eigenvalue weighted by Crippen LogP contribution is 2.60. The predicted octanol–water partition coefficient (Wildman–Crippen LogP) is 1.18. The van der Waals surface area contributed by atoms with Gasteiger partial charge in [0.25, 0.3) is 0 Å². The molecule has 2 bridgehead atoms. The van der Waals surface area contributed by atoms with Crippen molar-refractivity contribution in [2.75, 3.05) is 33.4 Å². The Kier molecular flexibility index (Phi) is 13.7. The fraction of sp³-hybridized carbons (Fsp3) is 0.420. The number of carbonyl (C=O) groups excluding carboxylic acids is 3. The molecular weight excluding hydrogens is 867 g/mol. The summed E-state index contributed by atoms with van der Waals surface area (Å²) < 4.78 is 31.6. The smallest absolute Gasteiger partial charge is 0.327 e. The topological polar surface area (TPSA) is 226 Å². The second-order valence-corrected chi connectivity index (χ2v) is 17.5. The molecule has 17 heteroatoms. The number of hydrogen-bond donors (Lipinski definition) is 6. The van der Waals surface area contributed by atoms with Crippen molar-refractivity contribution in [3.8, 4) is 0 Å². The van der Waals surface area contributed by atoms with Crippen LogP contribution in [0.2, 0.25) is 0 Å². The second-order valence-electron chi connectivity index (χ2n) is 17.5. The van der Waals surface area contributed by atoms with E-state index >= 15 is 4.79 Å². The van der Waals surface area contributed by atoms with Crippen LogP contribution in [0.3, 0.4) is 0 Å². The summed E-state index contributed by atoms with van der Waals surface area (Å²) in [6.45, 7) is -1.04. The first-order chi connectivity index (χ1) is 32.5. The number of hydroxylamine groups is 2. The third-order valence-corrected chi connectivity index (χ3v) is 13.5. The van der Waals surface area contributed by atoms with E-state index in [1.165, 1.54) is 9.96 Å². The van der Waals surface area contributed by atoms with Gasteiger partial charge in [0.1, 0.15) is 60.3 Å². The van der Waals surface area contributed by atoms with E-state index in [0.717, 1.165) is 5.56 Å². The van der Waals surface area contributed by atoms with Gasteiger partial charge in [-0.25, -0.2) is 0 Å². The van der Waals surface area contributed by atoms with Crippen LogP contribution in [0, 0.1) is 5.41 Å². The van der Waals surface area contributed by atoms with Gasteiger partial charge in [0.05, 0.1) is 26.4 Å². The number of aliphatic hydroxyl groups is 5. The van der Waals surface area contributed by atoms with Gasteiger partial charge in [0.2, 0.25) is 17.6 Å². The zero-order valence-electron chi connectivity index (χ0n) is 36.7. The minimum atomic E-state index is -1.65. The van der Waals surface area contributed by atoms with Gasteiger partial charge in [-0.15, -0.1) is 0 Å². The Morgan fingerprint density at radius 2 is 1.51 bits per heavy atom. The number of esters is 1. The molecule has 2 amide bonds. The molecule has 0 aromatic heterocycles. The molecule has 4 aromatic carbocycles. The minimum Gasteiger partial charge on any atom is -0.458 e. The number of ether oxygens (including phenoxy) is 5. The molecule has 1 aliphatic carbocycles. The van der Waals surface area contributed by atoms with Crippen molar-refractivity contribution in [3.05, 3.63) is 149 Å². The largest absolute Gasteiger partial charge is 0.458 e. The monoisotopic (exact) mass is 921 g/mol. The first-order valence-corrected chi connectivity index (χ1v) is 22.5. The maximum atomic E-state index is 15.8. The van der Waals surface area contributed by atoms with E-state index in [2.05, 4.69) is 5.32 Å². The quantitative estimate of drug-likeness (QED) is 0.0869. The van der Waals surface area contributed by atoms with Gasteiger partial charge in [-0.2, -0.15) is 5.06 Å². The lowest BCUT2D eigenvalue weighted by Crippen LogP contribution is -2.70. The molecule has 17 nitrogen and oxygen atoms in total. The zero-order chi connectivity index (χ0) is 46.9. The Morgan fingerprint density at radius 1 is 0.866 bits per heavy atom. The highest BCUT2D eigenvalue weighted by molar-refractivity contribution is 5.96. The third-order valence-electron chi connectivity index (χ3n) is 13.5. The zero-order valence-corrected chi connectivity index (χ0v) is 36.7. The van der Waals surface area contributed by atoms with Crippen LogP contribution in [-0.4, -0.2) is 154 Å². The molecule has 4 heterocycles. The number of benzene rings is 4. The van der Waals surface area contributed by atoms with E-state index in [-0.39, 0.29) is 39.1 Å². The lowest BCUT2D eigenvalue weighted by atomic mass is 9.62. The van der Waals surface area contributed by atoms with Gasteiger partial charge in [-0.1, -0.05) is 127 Å². The molecular formula is C50H55N3O14. The Morgan fingerprint density at radius 3 is 2.18 bits per heavy atom. The minimum absolute atomic E-state index is 0.00884. The van der Waals surface area contributed by atoms with Crippen LogP contribution >= 0.6 is 0 Å². The average molecular weight is 922 g/mol. The molecule has 9 rings (SSSR count). The van der Waals surface area contributed by atoms with Gasteiger partial charge >= 0.3 is 5.97 Å². The summed E-state index contributed by atoms with van der Waals surface area (Å²) in [5.41, 5.74) is 1.87. The summed E-state index contributed by atoms with van der Waals surface area (Å²) in [6, 6.07) is 33.1. The molecule has 0 radical (unpaired) electrons. The van der Waals surface area contributed by atoms with Crippen molar-refractivity contribution in [3.63, 3.8) is 0 Å². The molecule has 4 saturated heterocycles. The van der Waals surface area contributed by atoms with Gasteiger partial charge in [-0.3, -0.25) is 19.2 Å². The van der Waals surface area contributed by atoms with Gasteiger partial charge < -0.3 is 59.4 Å². The second kappa shape index (κ2) is 19.7. The fourth-order valence-electron chi connectivity index (χ4n) is 10.2. The summed E-state index contributed by atoms with van der Waals surface area (Å²) in [5.74, 6) is -3.20. The number of aliphatic hydroxyl groups excluding tert-OH is 5. The molecule has 6 N–H and O–H groups in total. The molecule has 5 fully saturated rings. The molecule has 1 saturated carbocycles. The summed E-state index contributed by atoms with van der Waals surface area (Å²) in [6.07, 6.45) is -7.53. The van der Waals surface area contributed by atoms with E-state index in [1.807, 2.05) is 115 Å². The van der Waals surface area contributed by atoms with Crippen molar-refractivity contribution in [1.29, 1.82) is 0 Å². The SMILES string of the molecule is CN(C(=O)[C@@]12C[C@H]3OC(=O)[C@@H]1N(Cc1ccccc1C=CCO[C@H]1O[C@H](CO)[C@H](O)[C@H](O)[C@H]1O)O[C@@H]2[C@H]1OC(c2ccccc2)(c2ccccc2)O[C@H]13)[C@H](Cc1ccccc1)C(=O)NCCO. The van der Waals surface area contributed by atoms with Crippen molar-refractivity contribution < 1.29 is 68.4 Å². The number of hydrogen-bond acceptors (Lipinski definition) is 15. The molecule has 4 aromatic rings. The standard InChI is InChI=1S/C50H55N3O14/c1-52(35(45(59)51-23-24-54)26-30-14-5-2-6-15-30)48(61)49-27-36-41-42(66-50(65-41,33-19-7-3-8-20-33)34-21-9-4-10-22-34)44(49)67-53(43(49)46(60)63-36)28-32-17-12-11-16-31(32)18-13-25-62-47-40(58)39(57)38(56)37(29-55)64-47/h2-22,35-44,47,54-58H,23-29H2,1H3,(H,51,59)/t35-,36-,37-,38+,39+,40-,41+,42+,43+,44-,47+,49+/m1/s1. The van der Waals surface area contributed by atoms with Crippen molar-refractivity contribution in [2.24, 2.45) is 5.41 Å². The third kappa shape index (κ3) is 8.59. The van der Waals surface area contributed by atoms with Crippen LogP contribution in [0.25, 0.3) is 6.08 Å². The number of likely N-dealkylation sites (N-methyl/N-ethyl adjacent to an activating group) is 1. The number of nitrogens with zero attached hydrogens (tertiary/aromatic N) is 2. The van der Waals surface area contributed by atoms with Gasteiger partial charge in [0, 0.05) is 37.6 Å². The maximum absolute atomic E-state index is 15.8. The van der Waals surface area contributed by atoms with Gasteiger partial charge in [0.15, 0.2) is 12.3 Å². The first kappa shape index (κ1) is 46.7. The van der Waals surface area contributed by atoms with E-state index in [1.54, 1.807) is 19.2 Å². The molecule has 0 spiro atoms. The number of rotatable bonds is 16.